The molecule has 0 radical (unpaired) electrons. The second kappa shape index (κ2) is 8.77. The highest BCUT2D eigenvalue weighted by molar-refractivity contribution is 5.91. The predicted octanol–water partition coefficient (Wildman–Crippen LogP) is 1.57. The van der Waals surface area contributed by atoms with Crippen LogP contribution in [0.3, 0.4) is 0 Å². The van der Waals surface area contributed by atoms with Crippen LogP contribution in [0.1, 0.15) is 6.92 Å². The molecule has 0 bridgehead atoms. The van der Waals surface area contributed by atoms with Crippen LogP contribution in [0.5, 0.6) is 0 Å². The second-order valence-electron chi connectivity index (χ2n) is 7.82. The molecular weight excluding hydrogens is 394 g/mol. The SMILES string of the molecule is CCn1c(=O)c2ccccc2n(CC(=O)Nc2ccc(N3CCN(C)CC3)cc2)c1=O. The van der Waals surface area contributed by atoms with Crippen LogP contribution in [0.15, 0.2) is 58.1 Å². The molecular formula is C23H27N5O3. The Morgan fingerprint density at radius 2 is 1.61 bits per heavy atom. The van der Waals surface area contributed by atoms with Gasteiger partial charge in [0.25, 0.3) is 5.56 Å². The molecule has 162 valence electrons. The molecule has 1 aliphatic rings. The van der Waals surface area contributed by atoms with Crippen molar-refractivity contribution in [3.05, 3.63) is 69.4 Å². The van der Waals surface area contributed by atoms with Crippen molar-refractivity contribution in [3.63, 3.8) is 0 Å². The number of para-hydroxylation sites is 1. The van der Waals surface area contributed by atoms with Crippen LogP contribution in [0.25, 0.3) is 10.9 Å². The largest absolute Gasteiger partial charge is 0.369 e. The van der Waals surface area contributed by atoms with Crippen molar-refractivity contribution in [1.82, 2.24) is 14.0 Å². The minimum absolute atomic E-state index is 0.167. The third-order valence-corrected chi connectivity index (χ3v) is 5.77. The van der Waals surface area contributed by atoms with Crippen LogP contribution < -0.4 is 21.5 Å². The van der Waals surface area contributed by atoms with Crippen molar-refractivity contribution in [2.75, 3.05) is 43.4 Å². The second-order valence-corrected chi connectivity index (χ2v) is 7.82. The van der Waals surface area contributed by atoms with Gasteiger partial charge in [0, 0.05) is 44.1 Å². The van der Waals surface area contributed by atoms with Gasteiger partial charge >= 0.3 is 5.69 Å². The van der Waals surface area contributed by atoms with Crippen molar-refractivity contribution in [1.29, 1.82) is 0 Å². The lowest BCUT2D eigenvalue weighted by atomic mass is 10.2. The Kier molecular flexibility index (Phi) is 5.90. The quantitative estimate of drug-likeness (QED) is 0.677. The first-order valence-electron chi connectivity index (χ1n) is 10.5. The van der Waals surface area contributed by atoms with E-state index in [4.69, 9.17) is 0 Å². The zero-order valence-electron chi connectivity index (χ0n) is 17.9. The first kappa shape index (κ1) is 20.9. The van der Waals surface area contributed by atoms with Gasteiger partial charge in [0.1, 0.15) is 6.54 Å². The smallest absolute Gasteiger partial charge is 0.331 e. The maximum absolute atomic E-state index is 12.8. The fourth-order valence-electron chi connectivity index (χ4n) is 3.97. The van der Waals surface area contributed by atoms with Crippen molar-refractivity contribution in [2.45, 2.75) is 20.0 Å². The number of benzene rings is 2. The Morgan fingerprint density at radius 3 is 2.29 bits per heavy atom. The summed E-state index contributed by atoms with van der Waals surface area (Å²) >= 11 is 0. The first-order chi connectivity index (χ1) is 15.0. The summed E-state index contributed by atoms with van der Waals surface area (Å²) in [6.07, 6.45) is 0. The van der Waals surface area contributed by atoms with E-state index in [9.17, 15) is 14.4 Å². The molecule has 3 aromatic rings. The molecule has 8 heteroatoms. The molecule has 1 saturated heterocycles. The lowest BCUT2D eigenvalue weighted by molar-refractivity contribution is -0.116. The molecule has 0 saturated carbocycles. The summed E-state index contributed by atoms with van der Waals surface area (Å²) in [4.78, 5) is 42.7. The molecule has 4 rings (SSSR count). The average Bonchev–Trinajstić information content (AvgIpc) is 2.78. The van der Waals surface area contributed by atoms with Crippen LogP contribution in [0.2, 0.25) is 0 Å². The van der Waals surface area contributed by atoms with Crippen molar-refractivity contribution in [3.8, 4) is 0 Å². The third kappa shape index (κ3) is 4.25. The molecule has 1 N–H and O–H groups in total. The van der Waals surface area contributed by atoms with Gasteiger partial charge in [-0.1, -0.05) is 12.1 Å². The Morgan fingerprint density at radius 1 is 0.935 bits per heavy atom. The Labute approximate surface area is 180 Å². The number of piperazine rings is 1. The summed E-state index contributed by atoms with van der Waals surface area (Å²) in [6.45, 7) is 5.83. The molecule has 1 amide bonds. The average molecular weight is 422 g/mol. The number of carbonyl (C=O) groups is 1. The van der Waals surface area contributed by atoms with E-state index < -0.39 is 5.69 Å². The van der Waals surface area contributed by atoms with Gasteiger partial charge in [-0.25, -0.2) is 4.79 Å². The van der Waals surface area contributed by atoms with E-state index in [0.29, 0.717) is 16.6 Å². The van der Waals surface area contributed by atoms with Crippen molar-refractivity contribution in [2.24, 2.45) is 0 Å². The predicted molar refractivity (Wildman–Crippen MR) is 123 cm³/mol. The first-order valence-corrected chi connectivity index (χ1v) is 10.5. The number of likely N-dealkylation sites (N-methyl/N-ethyl adjacent to an activating group) is 1. The maximum Gasteiger partial charge on any atom is 0.331 e. The van der Waals surface area contributed by atoms with Gasteiger partial charge in [-0.05, 0) is 50.4 Å². The molecule has 2 heterocycles. The molecule has 0 unspecified atom stereocenters. The number of nitrogens with one attached hydrogen (secondary N) is 1. The monoisotopic (exact) mass is 421 g/mol. The zero-order chi connectivity index (χ0) is 22.0. The number of fused-ring (bicyclic) bond motifs is 1. The van der Waals surface area contributed by atoms with E-state index in [1.54, 1.807) is 31.2 Å². The number of rotatable bonds is 5. The van der Waals surface area contributed by atoms with Gasteiger partial charge in [0.05, 0.1) is 10.9 Å². The molecule has 1 aromatic heterocycles. The number of hydrogen-bond donors (Lipinski definition) is 1. The van der Waals surface area contributed by atoms with Crippen LogP contribution in [0.4, 0.5) is 11.4 Å². The number of hydrogen-bond acceptors (Lipinski definition) is 5. The minimum atomic E-state index is -0.480. The Hall–Kier alpha value is -3.39. The highest BCUT2D eigenvalue weighted by atomic mass is 16.2. The molecule has 2 aromatic carbocycles. The Balaban J connectivity index is 1.52. The molecule has 0 aliphatic carbocycles. The van der Waals surface area contributed by atoms with E-state index in [0.717, 1.165) is 36.4 Å². The maximum atomic E-state index is 12.8. The van der Waals surface area contributed by atoms with Crippen LogP contribution in [-0.4, -0.2) is 53.2 Å². The lowest BCUT2D eigenvalue weighted by Crippen LogP contribution is -2.44. The fourth-order valence-corrected chi connectivity index (χ4v) is 3.97. The van der Waals surface area contributed by atoms with Crippen LogP contribution >= 0.6 is 0 Å². The summed E-state index contributed by atoms with van der Waals surface area (Å²) in [5.41, 5.74) is 1.45. The molecule has 31 heavy (non-hydrogen) atoms. The minimum Gasteiger partial charge on any atom is -0.369 e. The van der Waals surface area contributed by atoms with Gasteiger partial charge in [0.2, 0.25) is 5.91 Å². The third-order valence-electron chi connectivity index (χ3n) is 5.77. The lowest BCUT2D eigenvalue weighted by Gasteiger charge is -2.34. The van der Waals surface area contributed by atoms with Crippen LogP contribution in [0, 0.1) is 0 Å². The molecule has 0 atom stereocenters. The molecule has 8 nitrogen and oxygen atoms in total. The summed E-state index contributed by atoms with van der Waals surface area (Å²) in [7, 11) is 2.12. The van der Waals surface area contributed by atoms with Crippen molar-refractivity contribution < 1.29 is 4.79 Å². The number of aromatic nitrogens is 2. The molecule has 0 spiro atoms. The van der Waals surface area contributed by atoms with Gasteiger partial charge in [-0.15, -0.1) is 0 Å². The van der Waals surface area contributed by atoms with Crippen molar-refractivity contribution >= 4 is 28.2 Å². The van der Waals surface area contributed by atoms with Gasteiger partial charge < -0.3 is 15.1 Å². The van der Waals surface area contributed by atoms with E-state index in [-0.39, 0.29) is 24.6 Å². The van der Waals surface area contributed by atoms with Crippen LogP contribution in [-0.2, 0) is 17.9 Å². The highest BCUT2D eigenvalue weighted by Crippen LogP contribution is 2.19. The van der Waals surface area contributed by atoms with E-state index in [1.807, 2.05) is 24.3 Å². The summed E-state index contributed by atoms with van der Waals surface area (Å²) in [6, 6.07) is 14.6. The van der Waals surface area contributed by atoms with E-state index in [2.05, 4.69) is 22.2 Å². The Bertz CT molecular complexity index is 1200. The normalized spacial score (nSPS) is 14.7. The number of nitrogens with zero attached hydrogens (tertiary/aromatic N) is 4. The number of amides is 1. The van der Waals surface area contributed by atoms with E-state index >= 15 is 0 Å². The zero-order valence-corrected chi connectivity index (χ0v) is 17.9. The van der Waals surface area contributed by atoms with Gasteiger partial charge in [-0.2, -0.15) is 0 Å². The fraction of sp³-hybridized carbons (Fsp3) is 0.348. The number of carbonyl (C=O) groups excluding carboxylic acids is 1. The van der Waals surface area contributed by atoms with Gasteiger partial charge in [-0.3, -0.25) is 18.7 Å². The highest BCUT2D eigenvalue weighted by Gasteiger charge is 2.16. The van der Waals surface area contributed by atoms with E-state index in [1.165, 1.54) is 4.57 Å². The summed E-state index contributed by atoms with van der Waals surface area (Å²) in [5, 5.41) is 3.28. The summed E-state index contributed by atoms with van der Waals surface area (Å²) < 4.78 is 2.51. The standard InChI is InChI=1S/C23H27N5O3/c1-3-27-22(30)19-6-4-5-7-20(19)28(23(27)31)16-21(29)24-17-8-10-18(11-9-17)26-14-12-25(2)13-15-26/h4-11H,3,12-16H2,1-2H3,(H,24,29). The molecule has 1 aliphatic heterocycles. The number of anilines is 2. The molecule has 1 fully saturated rings. The summed E-state index contributed by atoms with van der Waals surface area (Å²) in [5.74, 6) is -0.319. The topological polar surface area (TPSA) is 79.6 Å². The van der Waals surface area contributed by atoms with Gasteiger partial charge in [0.15, 0.2) is 0 Å².